The number of amides is 1. The number of hydrogen-bond acceptors (Lipinski definition) is 6. The third-order valence-electron chi connectivity index (χ3n) is 6.16. The molecular weight excluding hydrogens is 396 g/mol. The van der Waals surface area contributed by atoms with Crippen LogP contribution in [0.25, 0.3) is 16.6 Å². The largest absolute Gasteiger partial charge is 0.496 e. The van der Waals surface area contributed by atoms with Crippen molar-refractivity contribution in [3.63, 3.8) is 0 Å². The number of imidazole rings is 1. The summed E-state index contributed by atoms with van der Waals surface area (Å²) in [5.74, 6) is 0.716. The van der Waals surface area contributed by atoms with Gasteiger partial charge in [0, 0.05) is 29.8 Å². The number of carbonyl (C=O) groups is 1. The number of anilines is 1. The van der Waals surface area contributed by atoms with Gasteiger partial charge in [0.15, 0.2) is 11.5 Å². The van der Waals surface area contributed by atoms with E-state index < -0.39 is 0 Å². The summed E-state index contributed by atoms with van der Waals surface area (Å²) in [6, 6.07) is 7.29. The van der Waals surface area contributed by atoms with Gasteiger partial charge in [0.2, 0.25) is 0 Å². The Morgan fingerprint density at radius 2 is 2.19 bits per heavy atom. The van der Waals surface area contributed by atoms with Crippen LogP contribution in [0.1, 0.15) is 42.6 Å². The van der Waals surface area contributed by atoms with E-state index in [-0.39, 0.29) is 24.0 Å². The SMILES string of the molecule is COc1cc2nn([C@H]3CCC[C@@H](O)[C@@H]3C)cc2cc1C(=O)Nc1cnc2cccnn12. The maximum atomic E-state index is 13.1. The second-order valence-corrected chi connectivity index (χ2v) is 8.04. The van der Waals surface area contributed by atoms with Gasteiger partial charge in [0.05, 0.1) is 36.5 Å². The molecule has 4 aromatic rings. The smallest absolute Gasteiger partial charge is 0.260 e. The maximum absolute atomic E-state index is 13.1. The van der Waals surface area contributed by atoms with E-state index in [9.17, 15) is 9.90 Å². The second-order valence-electron chi connectivity index (χ2n) is 8.04. The van der Waals surface area contributed by atoms with E-state index in [1.807, 2.05) is 16.9 Å². The number of ether oxygens (including phenoxy) is 1. The summed E-state index contributed by atoms with van der Waals surface area (Å²) in [7, 11) is 1.53. The predicted octanol–water partition coefficient (Wildman–Crippen LogP) is 3.06. The molecule has 0 aliphatic heterocycles. The molecule has 2 N–H and O–H groups in total. The van der Waals surface area contributed by atoms with Crippen LogP contribution >= 0.6 is 0 Å². The van der Waals surface area contributed by atoms with Gasteiger partial charge in [-0.1, -0.05) is 6.92 Å². The Balaban J connectivity index is 1.48. The summed E-state index contributed by atoms with van der Waals surface area (Å²) < 4.78 is 8.98. The maximum Gasteiger partial charge on any atom is 0.260 e. The third-order valence-corrected chi connectivity index (χ3v) is 6.16. The first-order chi connectivity index (χ1) is 15.0. The lowest BCUT2D eigenvalue weighted by atomic mass is 9.83. The summed E-state index contributed by atoms with van der Waals surface area (Å²) >= 11 is 0. The first-order valence-electron chi connectivity index (χ1n) is 10.4. The Bertz CT molecular complexity index is 1260. The zero-order valence-electron chi connectivity index (χ0n) is 17.4. The van der Waals surface area contributed by atoms with Crippen LogP contribution in [0, 0.1) is 5.92 Å². The highest BCUT2D eigenvalue weighted by molar-refractivity contribution is 6.08. The first kappa shape index (κ1) is 19.5. The van der Waals surface area contributed by atoms with E-state index in [2.05, 4.69) is 22.3 Å². The molecule has 1 aromatic carbocycles. The van der Waals surface area contributed by atoms with Crippen molar-refractivity contribution >= 4 is 28.3 Å². The molecule has 0 saturated heterocycles. The van der Waals surface area contributed by atoms with Crippen LogP contribution in [0.5, 0.6) is 5.75 Å². The molecule has 0 unspecified atom stereocenters. The summed E-state index contributed by atoms with van der Waals surface area (Å²) in [5.41, 5.74) is 1.79. The topological polar surface area (TPSA) is 107 Å². The summed E-state index contributed by atoms with van der Waals surface area (Å²) in [4.78, 5) is 17.3. The highest BCUT2D eigenvalue weighted by Crippen LogP contribution is 2.35. The van der Waals surface area contributed by atoms with Gasteiger partial charge in [-0.3, -0.25) is 9.48 Å². The van der Waals surface area contributed by atoms with Gasteiger partial charge >= 0.3 is 0 Å². The minimum absolute atomic E-state index is 0.121. The Kier molecular flexibility index (Phi) is 4.82. The van der Waals surface area contributed by atoms with Crippen LogP contribution in [0.2, 0.25) is 0 Å². The molecule has 0 spiro atoms. The van der Waals surface area contributed by atoms with Crippen LogP contribution in [-0.4, -0.2) is 48.6 Å². The fraction of sp³-hybridized carbons (Fsp3) is 0.364. The van der Waals surface area contributed by atoms with Crippen molar-refractivity contribution in [2.24, 2.45) is 5.92 Å². The van der Waals surface area contributed by atoms with E-state index in [0.717, 1.165) is 30.2 Å². The molecular formula is C22H24N6O3. The number of nitrogens with one attached hydrogen (secondary N) is 1. The van der Waals surface area contributed by atoms with Gasteiger partial charge in [-0.15, -0.1) is 0 Å². The number of carbonyl (C=O) groups excluding carboxylic acids is 1. The zero-order valence-corrected chi connectivity index (χ0v) is 17.4. The lowest BCUT2D eigenvalue weighted by Gasteiger charge is -2.33. The third kappa shape index (κ3) is 3.40. The minimum atomic E-state index is -0.319. The van der Waals surface area contributed by atoms with Crippen LogP contribution in [0.4, 0.5) is 5.82 Å². The molecule has 5 rings (SSSR count). The Labute approximate surface area is 178 Å². The summed E-state index contributed by atoms with van der Waals surface area (Å²) in [5, 5.41) is 22.9. The Morgan fingerprint density at radius 3 is 3.03 bits per heavy atom. The number of nitrogens with zero attached hydrogens (tertiary/aromatic N) is 5. The number of hydrogen-bond donors (Lipinski definition) is 2. The molecule has 3 atom stereocenters. The molecule has 31 heavy (non-hydrogen) atoms. The van der Waals surface area contributed by atoms with E-state index >= 15 is 0 Å². The van der Waals surface area contributed by atoms with Gasteiger partial charge in [-0.05, 0) is 37.5 Å². The molecule has 0 bridgehead atoms. The summed E-state index contributed by atoms with van der Waals surface area (Å²) in [6.45, 7) is 2.06. The van der Waals surface area contributed by atoms with E-state index in [4.69, 9.17) is 9.84 Å². The summed E-state index contributed by atoms with van der Waals surface area (Å²) in [6.07, 6.45) is 7.60. The van der Waals surface area contributed by atoms with Crippen LogP contribution in [0.3, 0.4) is 0 Å². The van der Waals surface area contributed by atoms with Gasteiger partial charge in [-0.2, -0.15) is 14.7 Å². The van der Waals surface area contributed by atoms with Crippen molar-refractivity contribution in [3.8, 4) is 5.75 Å². The molecule has 160 valence electrons. The van der Waals surface area contributed by atoms with Crippen LogP contribution in [-0.2, 0) is 0 Å². The minimum Gasteiger partial charge on any atom is -0.496 e. The van der Waals surface area contributed by atoms with Gasteiger partial charge < -0.3 is 15.2 Å². The molecule has 9 nitrogen and oxygen atoms in total. The first-order valence-corrected chi connectivity index (χ1v) is 10.4. The average molecular weight is 420 g/mol. The average Bonchev–Trinajstić information content (AvgIpc) is 3.38. The monoisotopic (exact) mass is 420 g/mol. The van der Waals surface area contributed by atoms with Crippen molar-refractivity contribution in [2.75, 3.05) is 12.4 Å². The molecule has 1 amide bonds. The highest BCUT2D eigenvalue weighted by Gasteiger charge is 2.30. The van der Waals surface area contributed by atoms with E-state index in [1.165, 1.54) is 7.11 Å². The second kappa shape index (κ2) is 7.66. The molecule has 1 fully saturated rings. The molecule has 1 saturated carbocycles. The molecule has 1 aliphatic carbocycles. The van der Waals surface area contributed by atoms with E-state index in [0.29, 0.717) is 22.8 Å². The number of benzene rings is 1. The van der Waals surface area contributed by atoms with Crippen molar-refractivity contribution in [3.05, 3.63) is 48.4 Å². The lowest BCUT2D eigenvalue weighted by Crippen LogP contribution is -2.32. The Hall–Kier alpha value is -3.46. The number of rotatable bonds is 4. The number of aliphatic hydroxyl groups excluding tert-OH is 1. The number of aromatic nitrogens is 5. The zero-order chi connectivity index (χ0) is 21.5. The van der Waals surface area contributed by atoms with Crippen LogP contribution < -0.4 is 10.1 Å². The van der Waals surface area contributed by atoms with Gasteiger partial charge in [0.1, 0.15) is 5.75 Å². The van der Waals surface area contributed by atoms with Gasteiger partial charge in [-0.25, -0.2) is 4.98 Å². The van der Waals surface area contributed by atoms with E-state index in [1.54, 1.807) is 35.1 Å². The predicted molar refractivity (Wildman–Crippen MR) is 115 cm³/mol. The number of methoxy groups -OCH3 is 1. The number of fused-ring (bicyclic) bond motifs is 2. The van der Waals surface area contributed by atoms with Gasteiger partial charge in [0.25, 0.3) is 5.91 Å². The normalized spacial score (nSPS) is 21.5. The molecule has 0 radical (unpaired) electrons. The van der Waals surface area contributed by atoms with Crippen molar-refractivity contribution in [1.29, 1.82) is 0 Å². The fourth-order valence-electron chi connectivity index (χ4n) is 4.38. The molecule has 1 aliphatic rings. The molecule has 3 heterocycles. The fourth-order valence-corrected chi connectivity index (χ4v) is 4.38. The molecule has 3 aromatic heterocycles. The lowest BCUT2D eigenvalue weighted by molar-refractivity contribution is 0.0430. The van der Waals surface area contributed by atoms with Crippen molar-refractivity contribution in [1.82, 2.24) is 24.4 Å². The molecule has 9 heteroatoms. The number of aliphatic hydroxyl groups is 1. The standard InChI is InChI=1S/C22H24N6O3/c1-13-17(5-3-6-18(13)29)27-12-14-9-15(19(31-2)10-16(14)26-27)22(30)25-21-11-23-20-7-4-8-24-28(20)21/h4,7-13,17-18,29H,3,5-6H2,1-2H3,(H,25,30)/t13-,17+,18-/m1/s1. The van der Waals surface area contributed by atoms with Crippen LogP contribution in [0.15, 0.2) is 42.9 Å². The quantitative estimate of drug-likeness (QED) is 0.526. The van der Waals surface area contributed by atoms with Crippen molar-refractivity contribution in [2.45, 2.75) is 38.3 Å². The van der Waals surface area contributed by atoms with Crippen molar-refractivity contribution < 1.29 is 14.6 Å². The Morgan fingerprint density at radius 1 is 1.32 bits per heavy atom. The highest BCUT2D eigenvalue weighted by atomic mass is 16.5.